The molecule has 0 aliphatic carbocycles. The molecule has 0 spiro atoms. The third-order valence-corrected chi connectivity index (χ3v) is 18.4. The number of carbonyl (C=O) groups excluding carboxylic acids is 3. The van der Waals surface area contributed by atoms with Gasteiger partial charge in [-0.05, 0) is 103 Å². The van der Waals surface area contributed by atoms with Gasteiger partial charge in [0.2, 0.25) is 0 Å². The minimum atomic E-state index is -4.92. The molecule has 5 unspecified atom stereocenters. The van der Waals surface area contributed by atoms with Gasteiger partial charge in [-0.15, -0.1) is 0 Å². The van der Waals surface area contributed by atoms with Gasteiger partial charge in [0.05, 0.1) is 26.4 Å². The van der Waals surface area contributed by atoms with E-state index >= 15 is 0 Å². The molecule has 0 aromatic carbocycles. The van der Waals surface area contributed by atoms with Crippen molar-refractivity contribution in [1.82, 2.24) is 0 Å². The first kappa shape index (κ1) is 95.2. The second-order valence-electron chi connectivity index (χ2n) is 26.1. The lowest BCUT2D eigenvalue weighted by Gasteiger charge is -2.21. The van der Waals surface area contributed by atoms with Gasteiger partial charge in [0.15, 0.2) is 6.10 Å². The predicted octanol–water partition coefficient (Wildman–Crippen LogP) is 22.8. The van der Waals surface area contributed by atoms with Crippen LogP contribution in [0.4, 0.5) is 0 Å². The average Bonchev–Trinajstić information content (AvgIpc) is 1.09. The van der Waals surface area contributed by atoms with Crippen molar-refractivity contribution in [3.63, 3.8) is 0 Å². The van der Waals surface area contributed by atoms with E-state index in [9.17, 15) is 43.5 Å². The highest BCUT2D eigenvalue weighted by molar-refractivity contribution is 7.47. The molecular formula is C81H142O16P2. The Bertz CT molecular complexity index is 2240. The summed E-state index contributed by atoms with van der Waals surface area (Å²) >= 11 is 0. The molecule has 4 N–H and O–H groups in total. The second kappa shape index (κ2) is 73.9. The number of hydrogen-bond acceptors (Lipinski definition) is 14. The van der Waals surface area contributed by atoms with Crippen LogP contribution in [0.5, 0.6) is 0 Å². The highest BCUT2D eigenvalue weighted by Gasteiger charge is 2.29. The van der Waals surface area contributed by atoms with Crippen molar-refractivity contribution in [2.75, 3.05) is 39.6 Å². The van der Waals surface area contributed by atoms with Crippen LogP contribution in [-0.2, 0) is 55.8 Å². The topological polar surface area (TPSA) is 231 Å². The Morgan fingerprint density at radius 3 is 0.848 bits per heavy atom. The third kappa shape index (κ3) is 75.2. The normalized spacial score (nSPS) is 14.6. The van der Waals surface area contributed by atoms with Gasteiger partial charge < -0.3 is 34.2 Å². The number of phosphoric acid groups is 2. The van der Waals surface area contributed by atoms with Crippen molar-refractivity contribution in [2.45, 2.75) is 347 Å². The van der Waals surface area contributed by atoms with Gasteiger partial charge in [-0.1, -0.05) is 316 Å². The molecule has 0 radical (unpaired) electrons. The first-order valence-electron chi connectivity index (χ1n) is 39.2. The van der Waals surface area contributed by atoms with Gasteiger partial charge in [0, 0.05) is 19.3 Å². The molecule has 99 heavy (non-hydrogen) atoms. The molecular weight excluding hydrogens is 1290 g/mol. The van der Waals surface area contributed by atoms with Crippen LogP contribution in [0.25, 0.3) is 0 Å². The fourth-order valence-electron chi connectivity index (χ4n) is 10.6. The van der Waals surface area contributed by atoms with Gasteiger partial charge in [0.25, 0.3) is 0 Å². The Morgan fingerprint density at radius 1 is 0.293 bits per heavy atom. The summed E-state index contributed by atoms with van der Waals surface area (Å²) in [7, 11) is -9.78. The number of carbonyl (C=O) groups is 3. The molecule has 18 heteroatoms. The Labute approximate surface area is 602 Å². The maximum absolute atomic E-state index is 12.9. The van der Waals surface area contributed by atoms with Gasteiger partial charge in [-0.25, -0.2) is 9.13 Å². The highest BCUT2D eigenvalue weighted by Crippen LogP contribution is 2.45. The zero-order valence-corrected chi connectivity index (χ0v) is 64.2. The molecule has 0 aliphatic heterocycles. The molecule has 0 saturated carbocycles. The summed E-state index contributed by atoms with van der Waals surface area (Å²) in [5.41, 5.74) is 0. The van der Waals surface area contributed by atoms with Crippen LogP contribution < -0.4 is 0 Å². The average molecular weight is 1430 g/mol. The highest BCUT2D eigenvalue weighted by atomic mass is 31.2. The molecule has 0 aliphatic rings. The van der Waals surface area contributed by atoms with E-state index in [1.54, 1.807) is 0 Å². The van der Waals surface area contributed by atoms with Crippen LogP contribution in [0.2, 0.25) is 0 Å². The Morgan fingerprint density at radius 2 is 0.535 bits per heavy atom. The molecule has 0 bridgehead atoms. The summed E-state index contributed by atoms with van der Waals surface area (Å²) < 4.78 is 61.0. The summed E-state index contributed by atoms with van der Waals surface area (Å²) in [5.74, 6) is -1.58. The van der Waals surface area contributed by atoms with E-state index in [4.69, 9.17) is 32.3 Å². The van der Waals surface area contributed by atoms with Crippen molar-refractivity contribution in [1.29, 1.82) is 0 Å². The molecule has 0 aromatic heterocycles. The van der Waals surface area contributed by atoms with Crippen LogP contribution in [-0.4, -0.2) is 95.9 Å². The maximum Gasteiger partial charge on any atom is 0.472 e. The minimum absolute atomic E-state index is 0.104. The van der Waals surface area contributed by atoms with Crippen molar-refractivity contribution in [2.24, 2.45) is 0 Å². The number of aliphatic hydroxyl groups excluding tert-OH is 2. The van der Waals surface area contributed by atoms with Gasteiger partial charge in [-0.3, -0.25) is 32.5 Å². The number of rotatable bonds is 74. The molecule has 5 atom stereocenters. The minimum Gasteiger partial charge on any atom is -0.463 e. The Balaban J connectivity index is 4.33. The number of hydrogen-bond donors (Lipinski definition) is 4. The summed E-state index contributed by atoms with van der Waals surface area (Å²) in [5, 5.41) is 20.6. The molecule has 0 aromatic rings. The van der Waals surface area contributed by atoms with Crippen molar-refractivity contribution in [3.05, 3.63) is 109 Å². The lowest BCUT2D eigenvalue weighted by Crippen LogP contribution is -2.30. The molecule has 0 heterocycles. The number of esters is 3. The molecule has 0 amide bonds. The second-order valence-corrected chi connectivity index (χ2v) is 29.0. The number of aliphatic hydroxyl groups is 2. The van der Waals surface area contributed by atoms with E-state index in [0.29, 0.717) is 19.3 Å². The zero-order valence-electron chi connectivity index (χ0n) is 62.4. The summed E-state index contributed by atoms with van der Waals surface area (Å²) in [6.07, 6.45) is 85.9. The maximum atomic E-state index is 12.9. The predicted molar refractivity (Wildman–Crippen MR) is 408 cm³/mol. The molecule has 16 nitrogen and oxygen atoms in total. The first-order chi connectivity index (χ1) is 48.2. The smallest absolute Gasteiger partial charge is 0.463 e. The third-order valence-electron chi connectivity index (χ3n) is 16.5. The van der Waals surface area contributed by atoms with Crippen molar-refractivity contribution < 1.29 is 75.8 Å². The number of ether oxygens (including phenoxy) is 3. The van der Waals surface area contributed by atoms with Crippen LogP contribution >= 0.6 is 15.6 Å². The summed E-state index contributed by atoms with van der Waals surface area (Å²) in [4.78, 5) is 58.5. The fourth-order valence-corrected chi connectivity index (χ4v) is 12.2. The van der Waals surface area contributed by atoms with E-state index in [0.717, 1.165) is 135 Å². The number of allylic oxidation sites excluding steroid dienone is 18. The van der Waals surface area contributed by atoms with Gasteiger partial charge in [0.1, 0.15) is 25.4 Å². The van der Waals surface area contributed by atoms with Gasteiger partial charge in [-0.2, -0.15) is 0 Å². The molecule has 572 valence electrons. The molecule has 0 saturated heterocycles. The van der Waals surface area contributed by atoms with Crippen LogP contribution in [0.3, 0.4) is 0 Å². The zero-order chi connectivity index (χ0) is 72.3. The summed E-state index contributed by atoms with van der Waals surface area (Å²) in [6.45, 7) is 2.46. The van der Waals surface area contributed by atoms with E-state index in [1.807, 2.05) is 0 Å². The van der Waals surface area contributed by atoms with Gasteiger partial charge >= 0.3 is 33.6 Å². The lowest BCUT2D eigenvalue weighted by molar-refractivity contribution is -0.161. The first-order valence-corrected chi connectivity index (χ1v) is 42.2. The van der Waals surface area contributed by atoms with Crippen molar-refractivity contribution >= 4 is 33.6 Å². The van der Waals surface area contributed by atoms with E-state index in [2.05, 4.69) is 130 Å². The number of unbranched alkanes of at least 4 members (excludes halogenated alkanes) is 33. The largest absolute Gasteiger partial charge is 0.472 e. The van der Waals surface area contributed by atoms with Crippen LogP contribution in [0, 0.1) is 0 Å². The Kier molecular flexibility index (Phi) is 71.1. The molecule has 0 rings (SSSR count). The quantitative estimate of drug-likeness (QED) is 0.0146. The van der Waals surface area contributed by atoms with E-state index in [-0.39, 0.29) is 19.3 Å². The fraction of sp³-hybridized carbons (Fsp3) is 0.741. The van der Waals surface area contributed by atoms with Crippen LogP contribution in [0.15, 0.2) is 109 Å². The van der Waals surface area contributed by atoms with E-state index in [1.165, 1.54) is 135 Å². The van der Waals surface area contributed by atoms with Crippen LogP contribution in [0.1, 0.15) is 329 Å². The molecule has 0 fully saturated rings. The Hall–Kier alpha value is -3.79. The summed E-state index contributed by atoms with van der Waals surface area (Å²) in [6, 6.07) is 0. The SMILES string of the molecule is CC/C=C\C/C=C\C/C=C\C/C=C\C/C=C\C/C=C\CCCCCCCCCCCCCCCCCCC(=O)OCC(O)COP(=O)(O)OCC(O)COP(=O)(O)OCC(COC(=O)CCCCCCC/C=C\C/C=C\C/C=C\CC)OC(=O)CCCCCCCCCCCCCCC. The monoisotopic (exact) mass is 1430 g/mol. The van der Waals surface area contributed by atoms with Crippen molar-refractivity contribution in [3.8, 4) is 0 Å². The number of phosphoric ester groups is 2. The standard InChI is InChI=1S/C81H142O16P2/c1-4-7-10-13-16-19-22-25-27-28-29-30-31-32-33-34-35-36-37-38-39-40-41-42-43-44-45-46-48-51-52-55-58-61-64-67-79(84)91-70-76(82)71-93-98(87,88)94-72-77(83)73-95-99(89,90)96-75-78(97-81(86)69-66-63-60-57-54-49-24-21-18-15-12-9-6-3)74-92-80(85)68-65-62-59-56-53-50-47-26-23-20-17-14-11-8-5-2/h7-8,10-11,16-17,19-20,25-27,29-30,32-33,35-36,47,76-78,82-83H,4-6,9,12-15,18,21-24,28,31,34,37-46,48-75H2,1-3H3,(H,87,88)(H,89,90)/b10-7-,11-8-,19-16-,20-17-,27-25-,30-29-,33-32-,36-35-,47-26-. The lowest BCUT2D eigenvalue weighted by atomic mass is 10.0. The van der Waals surface area contributed by atoms with E-state index < -0.39 is 91.5 Å².